The van der Waals surface area contributed by atoms with Crippen LogP contribution in [0, 0.1) is 0 Å². The molecule has 1 aliphatic rings. The predicted molar refractivity (Wildman–Crippen MR) is 74.6 cm³/mol. The highest BCUT2D eigenvalue weighted by atomic mass is 16.6. The van der Waals surface area contributed by atoms with Gasteiger partial charge in [0.1, 0.15) is 11.1 Å². The molecule has 1 amide bonds. The molecule has 0 spiro atoms. The SMILES string of the molecule is COC(=O)C1(CC(O)CO)CCCN1C(=O)OC(C)(C)C. The summed E-state index contributed by atoms with van der Waals surface area (Å²) in [7, 11) is 1.24. The normalized spacial score (nSPS) is 23.8. The Morgan fingerprint density at radius 1 is 1.38 bits per heavy atom. The summed E-state index contributed by atoms with van der Waals surface area (Å²) in [4.78, 5) is 25.8. The van der Waals surface area contributed by atoms with Gasteiger partial charge in [-0.15, -0.1) is 0 Å². The first-order valence-electron chi connectivity index (χ1n) is 7.04. The van der Waals surface area contributed by atoms with Gasteiger partial charge in [0.2, 0.25) is 0 Å². The number of ether oxygens (including phenoxy) is 2. The Bertz CT molecular complexity index is 391. The van der Waals surface area contributed by atoms with Crippen molar-refractivity contribution in [2.75, 3.05) is 20.3 Å². The first-order chi connectivity index (χ1) is 9.66. The van der Waals surface area contributed by atoms with Gasteiger partial charge in [0.25, 0.3) is 0 Å². The Labute approximate surface area is 124 Å². The van der Waals surface area contributed by atoms with Gasteiger partial charge in [0.05, 0.1) is 19.8 Å². The number of hydrogen-bond donors (Lipinski definition) is 2. The highest BCUT2D eigenvalue weighted by Gasteiger charge is 2.52. The van der Waals surface area contributed by atoms with Gasteiger partial charge in [-0.1, -0.05) is 0 Å². The van der Waals surface area contributed by atoms with Crippen LogP contribution in [0.3, 0.4) is 0 Å². The van der Waals surface area contributed by atoms with Gasteiger partial charge in [-0.25, -0.2) is 9.59 Å². The molecular weight excluding hydrogens is 278 g/mol. The van der Waals surface area contributed by atoms with E-state index in [9.17, 15) is 14.7 Å². The molecule has 1 heterocycles. The molecule has 2 N–H and O–H groups in total. The van der Waals surface area contributed by atoms with Gasteiger partial charge in [-0.3, -0.25) is 4.90 Å². The molecule has 2 unspecified atom stereocenters. The van der Waals surface area contributed by atoms with Crippen molar-refractivity contribution < 1.29 is 29.3 Å². The second-order valence-corrected chi connectivity index (χ2v) is 6.30. The maximum atomic E-state index is 12.3. The van der Waals surface area contributed by atoms with E-state index in [0.29, 0.717) is 19.4 Å². The number of nitrogens with zero attached hydrogens (tertiary/aromatic N) is 1. The minimum Gasteiger partial charge on any atom is -0.467 e. The molecule has 7 heteroatoms. The number of rotatable bonds is 4. The third kappa shape index (κ3) is 4.07. The van der Waals surface area contributed by atoms with E-state index in [1.807, 2.05) is 0 Å². The van der Waals surface area contributed by atoms with E-state index in [1.165, 1.54) is 12.0 Å². The monoisotopic (exact) mass is 303 g/mol. The molecule has 0 aliphatic carbocycles. The van der Waals surface area contributed by atoms with Crippen molar-refractivity contribution in [3.05, 3.63) is 0 Å². The number of aliphatic hydroxyl groups excluding tert-OH is 2. The zero-order valence-corrected chi connectivity index (χ0v) is 13.1. The number of hydrogen-bond acceptors (Lipinski definition) is 6. The number of carbonyl (C=O) groups excluding carboxylic acids is 2. The molecule has 0 aromatic rings. The van der Waals surface area contributed by atoms with Crippen molar-refractivity contribution in [1.82, 2.24) is 4.90 Å². The van der Waals surface area contributed by atoms with E-state index < -0.39 is 35.9 Å². The largest absolute Gasteiger partial charge is 0.467 e. The predicted octanol–water partition coefficient (Wildman–Crippen LogP) is 0.672. The highest BCUT2D eigenvalue weighted by molar-refractivity contribution is 5.86. The van der Waals surface area contributed by atoms with E-state index in [-0.39, 0.29) is 6.42 Å². The molecule has 0 bridgehead atoms. The molecular formula is C14H25NO6. The summed E-state index contributed by atoms with van der Waals surface area (Å²) in [6.45, 7) is 5.08. The smallest absolute Gasteiger partial charge is 0.411 e. The fraction of sp³-hybridized carbons (Fsp3) is 0.857. The molecule has 0 aromatic carbocycles. The zero-order chi connectivity index (χ0) is 16.3. The molecule has 1 aliphatic heterocycles. The molecule has 0 saturated carbocycles. The van der Waals surface area contributed by atoms with Crippen LogP contribution < -0.4 is 0 Å². The summed E-state index contributed by atoms with van der Waals surface area (Å²) >= 11 is 0. The second kappa shape index (κ2) is 6.62. The lowest BCUT2D eigenvalue weighted by molar-refractivity contribution is -0.155. The van der Waals surface area contributed by atoms with E-state index in [4.69, 9.17) is 14.6 Å². The van der Waals surface area contributed by atoms with E-state index >= 15 is 0 Å². The van der Waals surface area contributed by atoms with Crippen LogP contribution in [0.5, 0.6) is 0 Å². The quantitative estimate of drug-likeness (QED) is 0.741. The van der Waals surface area contributed by atoms with E-state index in [1.54, 1.807) is 20.8 Å². The number of amides is 1. The van der Waals surface area contributed by atoms with Crippen molar-refractivity contribution >= 4 is 12.1 Å². The Hall–Kier alpha value is -1.34. The van der Waals surface area contributed by atoms with Crippen LogP contribution >= 0.6 is 0 Å². The molecule has 21 heavy (non-hydrogen) atoms. The van der Waals surface area contributed by atoms with Gasteiger partial charge >= 0.3 is 12.1 Å². The molecule has 1 saturated heterocycles. The zero-order valence-electron chi connectivity index (χ0n) is 13.1. The molecule has 0 aromatic heterocycles. The lowest BCUT2D eigenvalue weighted by atomic mass is 9.89. The van der Waals surface area contributed by atoms with Crippen molar-refractivity contribution in [2.24, 2.45) is 0 Å². The van der Waals surface area contributed by atoms with Crippen LogP contribution in [0.4, 0.5) is 4.79 Å². The van der Waals surface area contributed by atoms with Crippen LogP contribution in [0.2, 0.25) is 0 Å². The molecule has 7 nitrogen and oxygen atoms in total. The van der Waals surface area contributed by atoms with Crippen molar-refractivity contribution in [3.63, 3.8) is 0 Å². The number of esters is 1. The van der Waals surface area contributed by atoms with Crippen LogP contribution in [-0.2, 0) is 14.3 Å². The lowest BCUT2D eigenvalue weighted by Crippen LogP contribution is -2.56. The Kier molecular flexibility index (Phi) is 5.58. The summed E-state index contributed by atoms with van der Waals surface area (Å²) in [6.07, 6.45) is -0.819. The van der Waals surface area contributed by atoms with Crippen LogP contribution in [0.15, 0.2) is 0 Å². The number of methoxy groups -OCH3 is 1. The Morgan fingerprint density at radius 2 is 2.00 bits per heavy atom. The molecule has 2 atom stereocenters. The maximum Gasteiger partial charge on any atom is 0.411 e. The van der Waals surface area contributed by atoms with Gasteiger partial charge in [-0.2, -0.15) is 0 Å². The molecule has 1 fully saturated rings. The van der Waals surface area contributed by atoms with E-state index in [2.05, 4.69) is 0 Å². The highest BCUT2D eigenvalue weighted by Crippen LogP contribution is 2.36. The first kappa shape index (κ1) is 17.7. The molecule has 1 rings (SSSR count). The first-order valence-corrected chi connectivity index (χ1v) is 7.04. The van der Waals surface area contributed by atoms with Gasteiger partial charge in [0, 0.05) is 13.0 Å². The van der Waals surface area contributed by atoms with Gasteiger partial charge in [0.15, 0.2) is 0 Å². The summed E-state index contributed by atoms with van der Waals surface area (Å²) in [5.41, 5.74) is -1.96. The summed E-state index contributed by atoms with van der Waals surface area (Å²) < 4.78 is 10.1. The van der Waals surface area contributed by atoms with Crippen LogP contribution in [0.1, 0.15) is 40.0 Å². The van der Waals surface area contributed by atoms with Crippen LogP contribution in [-0.4, -0.2) is 64.7 Å². The van der Waals surface area contributed by atoms with Crippen molar-refractivity contribution in [1.29, 1.82) is 0 Å². The van der Waals surface area contributed by atoms with Crippen molar-refractivity contribution in [2.45, 2.75) is 57.3 Å². The Morgan fingerprint density at radius 3 is 2.48 bits per heavy atom. The Balaban J connectivity index is 3.04. The number of aliphatic hydroxyl groups is 2. The summed E-state index contributed by atoms with van der Waals surface area (Å²) in [6, 6.07) is 0. The topological polar surface area (TPSA) is 96.3 Å². The number of likely N-dealkylation sites (tertiary alicyclic amines) is 1. The fourth-order valence-corrected chi connectivity index (χ4v) is 2.61. The van der Waals surface area contributed by atoms with Crippen LogP contribution in [0.25, 0.3) is 0 Å². The standard InChI is InChI=1S/C14H25NO6/c1-13(2,3)21-12(19)15-7-5-6-14(15,11(18)20-4)8-10(17)9-16/h10,16-17H,5-9H2,1-4H3. The van der Waals surface area contributed by atoms with E-state index in [0.717, 1.165) is 0 Å². The van der Waals surface area contributed by atoms with Crippen molar-refractivity contribution in [3.8, 4) is 0 Å². The maximum absolute atomic E-state index is 12.3. The minimum atomic E-state index is -1.28. The molecule has 0 radical (unpaired) electrons. The number of carbonyl (C=O) groups is 2. The average molecular weight is 303 g/mol. The minimum absolute atomic E-state index is 0.0740. The van der Waals surface area contributed by atoms with Gasteiger partial charge < -0.3 is 19.7 Å². The second-order valence-electron chi connectivity index (χ2n) is 6.30. The molecule has 122 valence electrons. The summed E-state index contributed by atoms with van der Waals surface area (Å²) in [5, 5.41) is 18.8. The van der Waals surface area contributed by atoms with Gasteiger partial charge in [-0.05, 0) is 33.6 Å². The average Bonchev–Trinajstić information content (AvgIpc) is 2.80. The fourth-order valence-electron chi connectivity index (χ4n) is 2.61. The summed E-state index contributed by atoms with van der Waals surface area (Å²) in [5.74, 6) is -0.599. The lowest BCUT2D eigenvalue weighted by Gasteiger charge is -2.37. The third-order valence-electron chi connectivity index (χ3n) is 3.45. The third-order valence-corrected chi connectivity index (χ3v) is 3.45.